The van der Waals surface area contributed by atoms with Gasteiger partial charge in [-0.05, 0) is 6.92 Å². The summed E-state index contributed by atoms with van der Waals surface area (Å²) in [4.78, 5) is 10.6. The standard InChI is InChI=1S/C7H11NO3/c1-7(10-2-3-11-7)5-4-6(9)8-5/h5H,2-4H2,1H3,(H,8,9). The van der Waals surface area contributed by atoms with Crippen LogP contribution in [0, 0.1) is 0 Å². The molecule has 0 radical (unpaired) electrons. The van der Waals surface area contributed by atoms with E-state index in [-0.39, 0.29) is 11.9 Å². The molecule has 2 aliphatic heterocycles. The Morgan fingerprint density at radius 3 is 2.55 bits per heavy atom. The van der Waals surface area contributed by atoms with Crippen LogP contribution in [0.15, 0.2) is 0 Å². The van der Waals surface area contributed by atoms with Crippen LogP contribution in [0.2, 0.25) is 0 Å². The quantitative estimate of drug-likeness (QED) is 0.529. The lowest BCUT2D eigenvalue weighted by molar-refractivity contribution is -0.184. The van der Waals surface area contributed by atoms with E-state index in [1.807, 2.05) is 6.92 Å². The maximum absolute atomic E-state index is 10.6. The summed E-state index contributed by atoms with van der Waals surface area (Å²) in [6.45, 7) is 3.12. The van der Waals surface area contributed by atoms with Gasteiger partial charge < -0.3 is 14.8 Å². The van der Waals surface area contributed by atoms with Crippen LogP contribution in [0.4, 0.5) is 0 Å². The van der Waals surface area contributed by atoms with Gasteiger partial charge in [-0.2, -0.15) is 0 Å². The maximum Gasteiger partial charge on any atom is 0.222 e. The summed E-state index contributed by atoms with van der Waals surface area (Å²) in [6.07, 6.45) is 0.524. The van der Waals surface area contributed by atoms with Crippen LogP contribution in [-0.4, -0.2) is 30.9 Å². The van der Waals surface area contributed by atoms with E-state index < -0.39 is 5.79 Å². The molecule has 4 heteroatoms. The van der Waals surface area contributed by atoms with Crippen molar-refractivity contribution in [1.82, 2.24) is 5.32 Å². The minimum Gasteiger partial charge on any atom is -0.347 e. The predicted octanol–water partition coefficient (Wildman–Crippen LogP) is -0.362. The molecule has 0 aromatic carbocycles. The first-order chi connectivity index (χ1) is 5.21. The van der Waals surface area contributed by atoms with Crippen LogP contribution < -0.4 is 5.32 Å². The molecule has 0 spiro atoms. The minimum absolute atomic E-state index is 0.0532. The van der Waals surface area contributed by atoms with Gasteiger partial charge in [0.15, 0.2) is 5.79 Å². The second-order valence-corrected chi connectivity index (χ2v) is 3.04. The van der Waals surface area contributed by atoms with E-state index in [1.54, 1.807) is 0 Å². The first-order valence-electron chi connectivity index (χ1n) is 3.78. The minimum atomic E-state index is -0.562. The van der Waals surface area contributed by atoms with Crippen molar-refractivity contribution in [3.63, 3.8) is 0 Å². The van der Waals surface area contributed by atoms with Crippen LogP contribution in [-0.2, 0) is 14.3 Å². The molecule has 2 rings (SSSR count). The van der Waals surface area contributed by atoms with E-state index in [4.69, 9.17) is 9.47 Å². The van der Waals surface area contributed by atoms with Crippen molar-refractivity contribution < 1.29 is 14.3 Å². The van der Waals surface area contributed by atoms with Crippen molar-refractivity contribution in [3.05, 3.63) is 0 Å². The Kier molecular flexibility index (Phi) is 1.40. The summed E-state index contributed by atoms with van der Waals surface area (Å²) in [5, 5.41) is 2.74. The fourth-order valence-corrected chi connectivity index (χ4v) is 1.41. The smallest absolute Gasteiger partial charge is 0.222 e. The summed E-state index contributed by atoms with van der Waals surface area (Å²) < 4.78 is 10.7. The van der Waals surface area contributed by atoms with Gasteiger partial charge in [-0.25, -0.2) is 0 Å². The lowest BCUT2D eigenvalue weighted by Crippen LogP contribution is -2.61. The van der Waals surface area contributed by atoms with E-state index in [0.29, 0.717) is 19.6 Å². The van der Waals surface area contributed by atoms with E-state index in [9.17, 15) is 4.79 Å². The van der Waals surface area contributed by atoms with Crippen molar-refractivity contribution in [2.45, 2.75) is 25.2 Å². The lowest BCUT2D eigenvalue weighted by Gasteiger charge is -2.38. The Labute approximate surface area is 64.9 Å². The number of ether oxygens (including phenoxy) is 2. The number of carbonyl (C=O) groups excluding carboxylic acids is 1. The van der Waals surface area contributed by atoms with Crippen molar-refractivity contribution in [2.24, 2.45) is 0 Å². The highest BCUT2D eigenvalue weighted by atomic mass is 16.7. The van der Waals surface area contributed by atoms with E-state index in [0.717, 1.165) is 0 Å². The zero-order chi connectivity index (χ0) is 7.90. The van der Waals surface area contributed by atoms with Gasteiger partial charge >= 0.3 is 0 Å². The van der Waals surface area contributed by atoms with Crippen molar-refractivity contribution in [2.75, 3.05) is 13.2 Å². The molecule has 0 bridgehead atoms. The Balaban J connectivity index is 1.98. The van der Waals surface area contributed by atoms with Gasteiger partial charge in [-0.1, -0.05) is 0 Å². The van der Waals surface area contributed by atoms with Gasteiger partial charge in [-0.3, -0.25) is 4.79 Å². The fourth-order valence-electron chi connectivity index (χ4n) is 1.41. The van der Waals surface area contributed by atoms with Crippen LogP contribution in [0.25, 0.3) is 0 Å². The molecule has 2 heterocycles. The van der Waals surface area contributed by atoms with Gasteiger partial charge in [0, 0.05) is 0 Å². The summed E-state index contributed by atoms with van der Waals surface area (Å²) >= 11 is 0. The topological polar surface area (TPSA) is 47.6 Å². The highest BCUT2D eigenvalue weighted by Crippen LogP contribution is 2.28. The average Bonchev–Trinajstić information content (AvgIpc) is 2.30. The van der Waals surface area contributed by atoms with Crippen molar-refractivity contribution in [3.8, 4) is 0 Å². The third-order valence-corrected chi connectivity index (χ3v) is 2.22. The molecule has 2 saturated heterocycles. The third kappa shape index (κ3) is 1.02. The first-order valence-corrected chi connectivity index (χ1v) is 3.78. The Hall–Kier alpha value is -0.610. The zero-order valence-electron chi connectivity index (χ0n) is 6.42. The Bertz CT molecular complexity index is 178. The average molecular weight is 157 g/mol. The molecule has 0 saturated carbocycles. The number of nitrogens with one attached hydrogen (secondary N) is 1. The molecule has 0 aromatic rings. The molecule has 1 amide bonds. The maximum atomic E-state index is 10.6. The first kappa shape index (κ1) is 7.06. The summed E-state index contributed by atoms with van der Waals surface area (Å²) in [7, 11) is 0. The Morgan fingerprint density at radius 1 is 1.55 bits per heavy atom. The molecule has 1 unspecified atom stereocenters. The van der Waals surface area contributed by atoms with Gasteiger partial charge in [0.1, 0.15) is 0 Å². The SMILES string of the molecule is CC1(C2CC(=O)N2)OCCO1. The molecule has 11 heavy (non-hydrogen) atoms. The van der Waals surface area contributed by atoms with E-state index in [2.05, 4.69) is 5.32 Å². The summed E-state index contributed by atoms with van der Waals surface area (Å²) in [5.41, 5.74) is 0. The zero-order valence-corrected chi connectivity index (χ0v) is 6.42. The van der Waals surface area contributed by atoms with Crippen molar-refractivity contribution >= 4 is 5.91 Å². The molecule has 62 valence electrons. The van der Waals surface area contributed by atoms with Crippen LogP contribution in [0.1, 0.15) is 13.3 Å². The van der Waals surface area contributed by atoms with E-state index in [1.165, 1.54) is 0 Å². The highest BCUT2D eigenvalue weighted by molar-refractivity contribution is 5.83. The second kappa shape index (κ2) is 2.19. The van der Waals surface area contributed by atoms with Crippen LogP contribution in [0.3, 0.4) is 0 Å². The third-order valence-electron chi connectivity index (χ3n) is 2.22. The normalized spacial score (nSPS) is 34.6. The Morgan fingerprint density at radius 2 is 2.09 bits per heavy atom. The monoisotopic (exact) mass is 157 g/mol. The highest BCUT2D eigenvalue weighted by Gasteiger charge is 2.46. The molecular formula is C7H11NO3. The van der Waals surface area contributed by atoms with Gasteiger partial charge in [0.05, 0.1) is 25.7 Å². The number of carbonyl (C=O) groups is 1. The largest absolute Gasteiger partial charge is 0.347 e. The molecule has 0 aromatic heterocycles. The van der Waals surface area contributed by atoms with Gasteiger partial charge in [0.2, 0.25) is 5.91 Å². The number of amides is 1. The predicted molar refractivity (Wildman–Crippen MR) is 36.9 cm³/mol. The van der Waals surface area contributed by atoms with Gasteiger partial charge in [0.25, 0.3) is 0 Å². The molecule has 0 aliphatic carbocycles. The molecule has 2 aliphatic rings. The van der Waals surface area contributed by atoms with Gasteiger partial charge in [-0.15, -0.1) is 0 Å². The van der Waals surface area contributed by atoms with Crippen LogP contribution >= 0.6 is 0 Å². The summed E-state index contributed by atoms with van der Waals surface area (Å²) in [6, 6.07) is 0.0532. The van der Waals surface area contributed by atoms with E-state index >= 15 is 0 Å². The fraction of sp³-hybridized carbons (Fsp3) is 0.857. The molecule has 2 fully saturated rings. The van der Waals surface area contributed by atoms with Crippen LogP contribution in [0.5, 0.6) is 0 Å². The summed E-state index contributed by atoms with van der Waals surface area (Å²) in [5.74, 6) is -0.483. The molecule has 4 nitrogen and oxygen atoms in total. The lowest BCUT2D eigenvalue weighted by atomic mass is 9.98. The molecule has 1 N–H and O–H groups in total. The second-order valence-electron chi connectivity index (χ2n) is 3.04. The number of hydrogen-bond acceptors (Lipinski definition) is 3. The number of hydrogen-bond donors (Lipinski definition) is 1. The molecular weight excluding hydrogens is 146 g/mol. The number of rotatable bonds is 1. The molecule has 1 atom stereocenters. The number of β-lactam (4-membered cyclic amide) rings is 1. The van der Waals surface area contributed by atoms with Crippen molar-refractivity contribution in [1.29, 1.82) is 0 Å².